The Morgan fingerprint density at radius 2 is 2.00 bits per heavy atom. The molecule has 2 heterocycles. The van der Waals surface area contributed by atoms with E-state index in [1.807, 2.05) is 42.6 Å². The second-order valence-electron chi connectivity index (χ2n) is 4.01. The molecule has 0 radical (unpaired) electrons. The first kappa shape index (κ1) is 11.9. The number of aromatic nitrogens is 2. The zero-order chi connectivity index (χ0) is 13.1. The Kier molecular flexibility index (Phi) is 3.25. The number of nitrogens with zero attached hydrogens (tertiary/aromatic N) is 2. The lowest BCUT2D eigenvalue weighted by atomic mass is 10.1. The van der Waals surface area contributed by atoms with Gasteiger partial charge in [0.2, 0.25) is 0 Å². The number of hydrogen-bond donors (Lipinski definition) is 0. The number of methoxy groups -OCH3 is 1. The molecule has 0 amide bonds. The van der Waals surface area contributed by atoms with E-state index in [0.717, 1.165) is 27.6 Å². The highest BCUT2D eigenvalue weighted by atomic mass is 32.1. The topological polar surface area (TPSA) is 35.0 Å². The summed E-state index contributed by atoms with van der Waals surface area (Å²) in [5.41, 5.74) is 3.06. The van der Waals surface area contributed by atoms with E-state index >= 15 is 0 Å². The lowest BCUT2D eigenvalue weighted by Gasteiger charge is -2.01. The maximum Gasteiger partial charge on any atom is 0.125 e. The van der Waals surface area contributed by atoms with E-state index in [1.165, 1.54) is 0 Å². The number of ether oxygens (including phenoxy) is 1. The molecule has 2 aromatic heterocycles. The summed E-state index contributed by atoms with van der Waals surface area (Å²) in [6, 6.07) is 11.9. The molecule has 0 aliphatic rings. The zero-order valence-corrected chi connectivity index (χ0v) is 11.2. The third kappa shape index (κ3) is 2.48. The van der Waals surface area contributed by atoms with Gasteiger partial charge in [-0.2, -0.15) is 0 Å². The highest BCUT2D eigenvalue weighted by molar-refractivity contribution is 7.13. The molecule has 1 aromatic carbocycles. The summed E-state index contributed by atoms with van der Waals surface area (Å²) in [6.45, 7) is 0. The van der Waals surface area contributed by atoms with Crippen molar-refractivity contribution in [1.82, 2.24) is 9.97 Å². The van der Waals surface area contributed by atoms with Crippen molar-refractivity contribution in [3.8, 4) is 27.6 Å². The molecule has 3 rings (SSSR count). The Morgan fingerprint density at radius 1 is 1.11 bits per heavy atom. The van der Waals surface area contributed by atoms with E-state index in [-0.39, 0.29) is 0 Å². The lowest BCUT2D eigenvalue weighted by Crippen LogP contribution is -1.84. The van der Waals surface area contributed by atoms with Crippen molar-refractivity contribution in [3.63, 3.8) is 0 Å². The van der Waals surface area contributed by atoms with Crippen LogP contribution < -0.4 is 4.74 Å². The van der Waals surface area contributed by atoms with Crippen LogP contribution in [0, 0.1) is 0 Å². The van der Waals surface area contributed by atoms with Crippen LogP contribution in [0.1, 0.15) is 0 Å². The average Bonchev–Trinajstić information content (AvgIpc) is 2.98. The minimum atomic E-state index is 0.841. The number of pyridine rings is 1. The van der Waals surface area contributed by atoms with Crippen LogP contribution in [-0.4, -0.2) is 17.1 Å². The summed E-state index contributed by atoms with van der Waals surface area (Å²) < 4.78 is 5.23. The first-order valence-electron chi connectivity index (χ1n) is 5.87. The second kappa shape index (κ2) is 5.20. The van der Waals surface area contributed by atoms with Gasteiger partial charge in [0.1, 0.15) is 10.8 Å². The Balaban J connectivity index is 1.97. The summed E-state index contributed by atoms with van der Waals surface area (Å²) >= 11 is 1.62. The maximum absolute atomic E-state index is 5.23. The molecule has 0 spiro atoms. The third-order valence-electron chi connectivity index (χ3n) is 2.78. The first-order valence-corrected chi connectivity index (χ1v) is 6.75. The summed E-state index contributed by atoms with van der Waals surface area (Å²) in [7, 11) is 1.67. The van der Waals surface area contributed by atoms with Crippen molar-refractivity contribution in [2.75, 3.05) is 7.11 Å². The Labute approximate surface area is 115 Å². The quantitative estimate of drug-likeness (QED) is 0.723. The fourth-order valence-electron chi connectivity index (χ4n) is 1.81. The standard InChI is InChI=1S/C15H12N2OS/c1-18-13-6-2-4-11(8-13)14-10-19-15(17-14)12-5-3-7-16-9-12/h2-10H,1H3. The van der Waals surface area contributed by atoms with Crippen molar-refractivity contribution in [2.24, 2.45) is 0 Å². The van der Waals surface area contributed by atoms with Gasteiger partial charge in [-0.25, -0.2) is 4.98 Å². The minimum Gasteiger partial charge on any atom is -0.497 e. The van der Waals surface area contributed by atoms with Crippen LogP contribution in [0.15, 0.2) is 54.2 Å². The number of thiazole rings is 1. The Morgan fingerprint density at radius 3 is 2.79 bits per heavy atom. The summed E-state index contributed by atoms with van der Waals surface area (Å²) in [4.78, 5) is 8.77. The lowest BCUT2D eigenvalue weighted by molar-refractivity contribution is 0.415. The van der Waals surface area contributed by atoms with Gasteiger partial charge in [0.05, 0.1) is 12.8 Å². The van der Waals surface area contributed by atoms with Crippen LogP contribution in [0.3, 0.4) is 0 Å². The van der Waals surface area contributed by atoms with Gasteiger partial charge in [-0.05, 0) is 24.3 Å². The van der Waals surface area contributed by atoms with E-state index in [2.05, 4.69) is 15.3 Å². The zero-order valence-electron chi connectivity index (χ0n) is 10.4. The summed E-state index contributed by atoms with van der Waals surface area (Å²) in [5.74, 6) is 0.841. The van der Waals surface area contributed by atoms with Gasteiger partial charge < -0.3 is 4.74 Å². The van der Waals surface area contributed by atoms with Crippen LogP contribution in [0.4, 0.5) is 0 Å². The van der Waals surface area contributed by atoms with Crippen LogP contribution in [0.2, 0.25) is 0 Å². The third-order valence-corrected chi connectivity index (χ3v) is 3.67. The van der Waals surface area contributed by atoms with Gasteiger partial charge in [-0.15, -0.1) is 11.3 Å². The predicted molar refractivity (Wildman–Crippen MR) is 77.3 cm³/mol. The van der Waals surface area contributed by atoms with Gasteiger partial charge in [-0.3, -0.25) is 4.98 Å². The monoisotopic (exact) mass is 268 g/mol. The molecule has 4 heteroatoms. The van der Waals surface area contributed by atoms with Crippen LogP contribution in [0.25, 0.3) is 21.8 Å². The molecular formula is C15H12N2OS. The summed E-state index contributed by atoms with van der Waals surface area (Å²) in [5, 5.41) is 3.03. The predicted octanol–water partition coefficient (Wildman–Crippen LogP) is 3.88. The fraction of sp³-hybridized carbons (Fsp3) is 0.0667. The number of rotatable bonds is 3. The smallest absolute Gasteiger partial charge is 0.125 e. The number of hydrogen-bond acceptors (Lipinski definition) is 4. The van der Waals surface area contributed by atoms with E-state index in [0.29, 0.717) is 0 Å². The van der Waals surface area contributed by atoms with Crippen molar-refractivity contribution in [1.29, 1.82) is 0 Å². The largest absolute Gasteiger partial charge is 0.497 e. The van der Waals surface area contributed by atoms with Gasteiger partial charge in [-0.1, -0.05) is 12.1 Å². The molecule has 0 atom stereocenters. The molecule has 0 bridgehead atoms. The van der Waals surface area contributed by atoms with E-state index < -0.39 is 0 Å². The fourth-order valence-corrected chi connectivity index (χ4v) is 2.63. The molecule has 0 aliphatic heterocycles. The summed E-state index contributed by atoms with van der Waals surface area (Å²) in [6.07, 6.45) is 3.59. The maximum atomic E-state index is 5.23. The molecular weight excluding hydrogens is 256 g/mol. The molecule has 0 N–H and O–H groups in total. The number of benzene rings is 1. The van der Waals surface area contributed by atoms with Gasteiger partial charge in [0.15, 0.2) is 0 Å². The van der Waals surface area contributed by atoms with Gasteiger partial charge >= 0.3 is 0 Å². The second-order valence-corrected chi connectivity index (χ2v) is 4.87. The van der Waals surface area contributed by atoms with Crippen molar-refractivity contribution >= 4 is 11.3 Å². The Bertz CT molecular complexity index is 679. The van der Waals surface area contributed by atoms with Crippen molar-refractivity contribution in [3.05, 3.63) is 54.2 Å². The van der Waals surface area contributed by atoms with E-state index in [9.17, 15) is 0 Å². The van der Waals surface area contributed by atoms with Gasteiger partial charge in [0.25, 0.3) is 0 Å². The SMILES string of the molecule is COc1cccc(-c2csc(-c3cccnc3)n2)c1. The molecule has 3 nitrogen and oxygen atoms in total. The Hall–Kier alpha value is -2.20. The van der Waals surface area contributed by atoms with E-state index in [1.54, 1.807) is 24.6 Å². The molecule has 0 fully saturated rings. The average molecular weight is 268 g/mol. The molecule has 0 saturated carbocycles. The van der Waals surface area contributed by atoms with Crippen molar-refractivity contribution in [2.45, 2.75) is 0 Å². The van der Waals surface area contributed by atoms with Crippen LogP contribution >= 0.6 is 11.3 Å². The highest BCUT2D eigenvalue weighted by Gasteiger charge is 2.07. The molecule has 0 aliphatic carbocycles. The minimum absolute atomic E-state index is 0.841. The highest BCUT2D eigenvalue weighted by Crippen LogP contribution is 2.29. The molecule has 0 saturated heterocycles. The molecule has 3 aromatic rings. The molecule has 94 valence electrons. The van der Waals surface area contributed by atoms with Gasteiger partial charge in [0, 0.05) is 28.9 Å². The molecule has 0 unspecified atom stereocenters. The van der Waals surface area contributed by atoms with Crippen LogP contribution in [0.5, 0.6) is 5.75 Å². The molecule has 19 heavy (non-hydrogen) atoms. The van der Waals surface area contributed by atoms with Crippen molar-refractivity contribution < 1.29 is 4.74 Å². The van der Waals surface area contributed by atoms with Crippen LogP contribution in [-0.2, 0) is 0 Å². The first-order chi connectivity index (χ1) is 9.36. The normalized spacial score (nSPS) is 10.4. The van der Waals surface area contributed by atoms with E-state index in [4.69, 9.17) is 4.74 Å².